The molecule has 11 heteroatoms. The van der Waals surface area contributed by atoms with Crippen molar-refractivity contribution in [2.45, 2.75) is 23.2 Å². The van der Waals surface area contributed by atoms with Crippen LogP contribution in [0.25, 0.3) is 0 Å². The van der Waals surface area contributed by atoms with E-state index in [0.29, 0.717) is 10.8 Å². The van der Waals surface area contributed by atoms with Crippen molar-refractivity contribution in [3.05, 3.63) is 82.2 Å². The number of halogens is 2. The predicted octanol–water partition coefficient (Wildman–Crippen LogP) is 5.29. The van der Waals surface area contributed by atoms with E-state index in [0.717, 1.165) is 41.5 Å². The van der Waals surface area contributed by atoms with Crippen molar-refractivity contribution in [3.63, 3.8) is 0 Å². The number of nitrogens with one attached hydrogen (secondary N) is 2. The first-order valence-corrected chi connectivity index (χ1v) is 12.8. The fourth-order valence-electron chi connectivity index (χ4n) is 3.75. The van der Waals surface area contributed by atoms with Gasteiger partial charge in [0.05, 0.1) is 16.3 Å². The second kappa shape index (κ2) is 8.12. The van der Waals surface area contributed by atoms with Crippen LogP contribution in [0.3, 0.4) is 0 Å². The van der Waals surface area contributed by atoms with Crippen molar-refractivity contribution >= 4 is 49.6 Å². The molecule has 0 unspecified atom stereocenters. The average molecular weight is 504 g/mol. The molecular formula is C22H19ClFN5O2S2. The maximum absolute atomic E-state index is 14.8. The summed E-state index contributed by atoms with van der Waals surface area (Å²) in [6.07, 6.45) is 3.42. The van der Waals surface area contributed by atoms with Gasteiger partial charge in [0.1, 0.15) is 11.6 Å². The monoisotopic (exact) mass is 503 g/mol. The van der Waals surface area contributed by atoms with E-state index in [9.17, 15) is 12.8 Å². The molecule has 2 heterocycles. The fourth-order valence-corrected chi connectivity index (χ4v) is 5.68. The number of hydrogen-bond donors (Lipinski definition) is 2. The van der Waals surface area contributed by atoms with Crippen LogP contribution >= 0.6 is 22.9 Å². The third kappa shape index (κ3) is 4.21. The summed E-state index contributed by atoms with van der Waals surface area (Å²) in [4.78, 5) is 3.70. The fraction of sp³-hybridized carbons (Fsp3) is 0.182. The molecule has 7 nitrogen and oxygen atoms in total. The third-order valence-corrected chi connectivity index (χ3v) is 8.09. The van der Waals surface area contributed by atoms with Gasteiger partial charge in [-0.05, 0) is 48.7 Å². The van der Waals surface area contributed by atoms with Crippen LogP contribution in [0, 0.1) is 5.82 Å². The summed E-state index contributed by atoms with van der Waals surface area (Å²) in [6, 6.07) is 13.4. The summed E-state index contributed by atoms with van der Waals surface area (Å²) < 4.78 is 43.8. The van der Waals surface area contributed by atoms with E-state index in [-0.39, 0.29) is 21.1 Å². The molecule has 0 aliphatic heterocycles. The molecule has 2 aromatic carbocycles. The average Bonchev–Trinajstić information content (AvgIpc) is 3.28. The summed E-state index contributed by atoms with van der Waals surface area (Å²) in [5, 5.41) is 10.2. The summed E-state index contributed by atoms with van der Waals surface area (Å²) >= 11 is 7.17. The smallest absolute Gasteiger partial charge is 0.263 e. The molecule has 1 saturated carbocycles. The number of rotatable bonds is 7. The van der Waals surface area contributed by atoms with E-state index in [1.807, 2.05) is 30.3 Å². The lowest BCUT2D eigenvalue weighted by molar-refractivity contribution is 0.596. The van der Waals surface area contributed by atoms with Crippen molar-refractivity contribution in [2.24, 2.45) is 7.05 Å². The number of nitrogens with zero attached hydrogens (tertiary/aromatic N) is 3. The van der Waals surface area contributed by atoms with Crippen molar-refractivity contribution in [3.8, 4) is 0 Å². The zero-order valence-corrected chi connectivity index (χ0v) is 19.8. The van der Waals surface area contributed by atoms with Gasteiger partial charge in [0, 0.05) is 35.1 Å². The summed E-state index contributed by atoms with van der Waals surface area (Å²) in [5.41, 5.74) is 2.02. The molecule has 1 aliphatic carbocycles. The van der Waals surface area contributed by atoms with Crippen molar-refractivity contribution in [1.29, 1.82) is 0 Å². The lowest BCUT2D eigenvalue weighted by Gasteiger charge is -2.12. The quantitative estimate of drug-likeness (QED) is 0.357. The minimum absolute atomic E-state index is 0.147. The molecule has 0 atom stereocenters. The second-order valence-corrected chi connectivity index (χ2v) is 10.9. The zero-order valence-electron chi connectivity index (χ0n) is 17.4. The minimum atomic E-state index is -3.94. The van der Waals surface area contributed by atoms with Gasteiger partial charge in [-0.15, -0.1) is 11.3 Å². The van der Waals surface area contributed by atoms with E-state index in [1.165, 1.54) is 18.3 Å². The maximum atomic E-state index is 14.8. The third-order valence-electron chi connectivity index (χ3n) is 5.68. The van der Waals surface area contributed by atoms with Gasteiger partial charge in [-0.3, -0.25) is 9.40 Å². The molecule has 0 saturated heterocycles. The SMILES string of the molecule is Cn1nc(C2(c3ccc(Cl)cc3)CC2)cc1Nc1ccc(S(=O)(=O)Nc2nccs2)cc1F. The van der Waals surface area contributed by atoms with E-state index < -0.39 is 15.8 Å². The van der Waals surface area contributed by atoms with Crippen LogP contribution in [-0.2, 0) is 22.5 Å². The van der Waals surface area contributed by atoms with Crippen molar-refractivity contribution < 1.29 is 12.8 Å². The van der Waals surface area contributed by atoms with Crippen LogP contribution < -0.4 is 10.0 Å². The number of thiazole rings is 1. The van der Waals surface area contributed by atoms with Crippen LogP contribution in [0.15, 0.2) is 65.0 Å². The molecular weight excluding hydrogens is 485 g/mol. The summed E-state index contributed by atoms with van der Waals surface area (Å²) in [5.74, 6) is -0.0979. The molecule has 33 heavy (non-hydrogen) atoms. The summed E-state index contributed by atoms with van der Waals surface area (Å²) in [7, 11) is -2.16. The van der Waals surface area contributed by atoms with Crippen LogP contribution in [0.1, 0.15) is 24.1 Å². The van der Waals surface area contributed by atoms with E-state index in [4.69, 9.17) is 11.6 Å². The Balaban J connectivity index is 1.38. The molecule has 4 aromatic rings. The Morgan fingerprint density at radius 3 is 2.55 bits per heavy atom. The van der Waals surface area contributed by atoms with Gasteiger partial charge in [0.15, 0.2) is 5.13 Å². The molecule has 0 amide bonds. The maximum Gasteiger partial charge on any atom is 0.263 e. The van der Waals surface area contributed by atoms with Crippen LogP contribution in [0.5, 0.6) is 0 Å². The molecule has 5 rings (SSSR count). The highest BCUT2D eigenvalue weighted by molar-refractivity contribution is 7.93. The van der Waals surface area contributed by atoms with Crippen molar-refractivity contribution in [2.75, 3.05) is 10.0 Å². The Bertz CT molecular complexity index is 1420. The number of aryl methyl sites for hydroxylation is 1. The van der Waals surface area contributed by atoms with E-state index in [2.05, 4.69) is 20.1 Å². The van der Waals surface area contributed by atoms with E-state index >= 15 is 0 Å². The molecule has 0 bridgehead atoms. The highest BCUT2D eigenvalue weighted by Crippen LogP contribution is 2.53. The first-order valence-electron chi connectivity index (χ1n) is 10.1. The zero-order chi connectivity index (χ0) is 23.2. The largest absolute Gasteiger partial charge is 0.338 e. The molecule has 0 radical (unpaired) electrons. The van der Waals surface area contributed by atoms with Crippen LogP contribution in [0.2, 0.25) is 5.02 Å². The van der Waals surface area contributed by atoms with Gasteiger partial charge in [-0.2, -0.15) is 5.10 Å². The topological polar surface area (TPSA) is 88.9 Å². The molecule has 1 fully saturated rings. The van der Waals surface area contributed by atoms with Crippen LogP contribution in [0.4, 0.5) is 21.0 Å². The minimum Gasteiger partial charge on any atom is -0.338 e. The van der Waals surface area contributed by atoms with Crippen molar-refractivity contribution in [1.82, 2.24) is 14.8 Å². The molecule has 2 N–H and O–H groups in total. The molecule has 1 aliphatic rings. The lowest BCUT2D eigenvalue weighted by atomic mass is 9.92. The van der Waals surface area contributed by atoms with Crippen LogP contribution in [-0.4, -0.2) is 23.2 Å². The highest BCUT2D eigenvalue weighted by Gasteiger charge is 2.48. The van der Waals surface area contributed by atoms with E-state index in [1.54, 1.807) is 17.1 Å². The first-order chi connectivity index (χ1) is 15.8. The lowest BCUT2D eigenvalue weighted by Crippen LogP contribution is -2.13. The highest BCUT2D eigenvalue weighted by atomic mass is 35.5. The Kier molecular flexibility index (Phi) is 5.38. The van der Waals surface area contributed by atoms with Gasteiger partial charge in [-0.25, -0.2) is 17.8 Å². The van der Waals surface area contributed by atoms with Gasteiger partial charge in [-0.1, -0.05) is 23.7 Å². The predicted molar refractivity (Wildman–Crippen MR) is 127 cm³/mol. The Hall–Kier alpha value is -2.95. The normalized spacial score (nSPS) is 14.8. The van der Waals surface area contributed by atoms with Gasteiger partial charge in [0.2, 0.25) is 0 Å². The van der Waals surface area contributed by atoms with Gasteiger partial charge in [0.25, 0.3) is 10.0 Å². The van der Waals surface area contributed by atoms with Gasteiger partial charge >= 0.3 is 0 Å². The second-order valence-electron chi connectivity index (χ2n) is 7.84. The van der Waals surface area contributed by atoms with Gasteiger partial charge < -0.3 is 5.32 Å². The molecule has 0 spiro atoms. The Morgan fingerprint density at radius 1 is 1.15 bits per heavy atom. The number of anilines is 3. The number of hydrogen-bond acceptors (Lipinski definition) is 6. The first kappa shape index (κ1) is 21.9. The number of aromatic nitrogens is 3. The standard InChI is InChI=1S/C22H19ClFN5O2S2/c1-29-20(13-19(27-29)22(8-9-22)14-2-4-15(23)5-3-14)26-18-7-6-16(12-17(18)24)33(30,31)28-21-25-10-11-32-21/h2-7,10-13,26H,8-9H2,1H3,(H,25,28). The molecule has 170 valence electrons. The Morgan fingerprint density at radius 2 is 1.91 bits per heavy atom. The summed E-state index contributed by atoms with van der Waals surface area (Å²) in [6.45, 7) is 0. The number of sulfonamides is 1. The molecule has 2 aromatic heterocycles. The Labute approximate surface area is 199 Å². The number of benzene rings is 2.